The van der Waals surface area contributed by atoms with Gasteiger partial charge in [-0.05, 0) is 42.0 Å². The first-order valence-corrected chi connectivity index (χ1v) is 12.8. The summed E-state index contributed by atoms with van der Waals surface area (Å²) in [7, 11) is 1.51. The fraction of sp³-hybridized carbons (Fsp3) is 0.231. The van der Waals surface area contributed by atoms with Gasteiger partial charge in [-0.25, -0.2) is 9.52 Å². The summed E-state index contributed by atoms with van der Waals surface area (Å²) in [6, 6.07) is 20.3. The van der Waals surface area contributed by atoms with E-state index in [1.807, 2.05) is 35.1 Å². The fourth-order valence-corrected chi connectivity index (χ4v) is 4.45. The number of hydrogen-bond acceptors (Lipinski definition) is 6. The average molecular weight is 527 g/mol. The summed E-state index contributed by atoms with van der Waals surface area (Å²) in [6.45, 7) is 0. The van der Waals surface area contributed by atoms with Crippen molar-refractivity contribution in [1.29, 1.82) is 0 Å². The van der Waals surface area contributed by atoms with Crippen molar-refractivity contribution in [3.05, 3.63) is 84.4 Å². The predicted molar refractivity (Wildman–Crippen MR) is 142 cm³/mol. The average Bonchev–Trinajstić information content (AvgIpc) is 2.91. The van der Waals surface area contributed by atoms with Gasteiger partial charge in [-0.2, -0.15) is 8.42 Å². The van der Waals surface area contributed by atoms with Crippen molar-refractivity contribution in [2.45, 2.75) is 12.5 Å². The number of para-hydroxylation sites is 2. The Bertz CT molecular complexity index is 1320. The van der Waals surface area contributed by atoms with Gasteiger partial charge in [0, 0.05) is 26.2 Å². The van der Waals surface area contributed by atoms with E-state index in [1.165, 1.54) is 19.1 Å². The normalized spacial score (nSPS) is 11.7. The summed E-state index contributed by atoms with van der Waals surface area (Å²) < 4.78 is 39.1. The van der Waals surface area contributed by atoms with Crippen molar-refractivity contribution in [1.82, 2.24) is 10.0 Å². The van der Waals surface area contributed by atoms with E-state index in [1.54, 1.807) is 62.7 Å². The van der Waals surface area contributed by atoms with Crippen LogP contribution in [-0.4, -0.2) is 54.7 Å². The molecule has 11 heteroatoms. The number of rotatable bonds is 10. The molecule has 0 saturated carbocycles. The number of hydrogen-bond donors (Lipinski definition) is 2. The highest BCUT2D eigenvalue weighted by atomic mass is 32.2. The van der Waals surface area contributed by atoms with E-state index in [2.05, 4.69) is 5.32 Å². The minimum absolute atomic E-state index is 0.149. The number of carbonyl (C=O) groups excluding carboxylic acids is 2. The molecule has 3 amide bonds. The van der Waals surface area contributed by atoms with E-state index in [0.29, 0.717) is 17.2 Å². The van der Waals surface area contributed by atoms with Crippen LogP contribution in [0.15, 0.2) is 78.9 Å². The van der Waals surface area contributed by atoms with Crippen LogP contribution in [0.5, 0.6) is 11.5 Å². The first-order chi connectivity index (χ1) is 17.7. The van der Waals surface area contributed by atoms with Crippen LogP contribution in [0, 0.1) is 0 Å². The number of methoxy groups -OCH3 is 2. The monoisotopic (exact) mass is 526 g/mol. The third kappa shape index (κ3) is 6.91. The number of carbonyl (C=O) groups is 2. The molecule has 3 rings (SSSR count). The van der Waals surface area contributed by atoms with Crippen LogP contribution < -0.4 is 28.7 Å². The zero-order valence-electron chi connectivity index (χ0n) is 21.0. The minimum Gasteiger partial charge on any atom is -0.497 e. The van der Waals surface area contributed by atoms with Crippen LogP contribution in [0.1, 0.15) is 5.56 Å². The molecule has 0 aromatic heterocycles. The van der Waals surface area contributed by atoms with Crippen molar-refractivity contribution in [3.8, 4) is 11.5 Å². The SMILES string of the molecule is COc1ccc(N(C)C(=O)[C@H](Cc2ccccc2)NC(=O)NS(=O)(=O)N(C)c2ccccc2OC)cc1. The lowest BCUT2D eigenvalue weighted by Crippen LogP contribution is -2.54. The van der Waals surface area contributed by atoms with Crippen LogP contribution in [0.4, 0.5) is 16.2 Å². The first-order valence-electron chi connectivity index (χ1n) is 11.3. The number of likely N-dealkylation sites (N-methyl/N-ethyl adjacent to an activating group) is 1. The molecule has 0 unspecified atom stereocenters. The summed E-state index contributed by atoms with van der Waals surface area (Å²) in [6.07, 6.45) is 0.149. The number of benzene rings is 3. The molecule has 0 aliphatic carbocycles. The van der Waals surface area contributed by atoms with Crippen LogP contribution in [0.25, 0.3) is 0 Å². The van der Waals surface area contributed by atoms with Gasteiger partial charge in [-0.15, -0.1) is 0 Å². The number of nitrogens with zero attached hydrogens (tertiary/aromatic N) is 2. The Balaban J connectivity index is 1.80. The highest BCUT2D eigenvalue weighted by Crippen LogP contribution is 2.28. The standard InChI is InChI=1S/C26H30N4O6S/c1-29(20-14-16-21(35-3)17-15-20)25(31)22(18-19-10-6-5-7-11-19)27-26(32)28-37(33,34)30(2)23-12-8-9-13-24(23)36-4/h5-17,22H,18H2,1-4H3,(H2,27,28,32)/t22-/m0/s1. The number of ether oxygens (including phenoxy) is 2. The van der Waals surface area contributed by atoms with Crippen LogP contribution in [0.3, 0.4) is 0 Å². The molecule has 2 N–H and O–H groups in total. The lowest BCUT2D eigenvalue weighted by molar-refractivity contribution is -0.120. The molecular formula is C26H30N4O6S. The Hall–Kier alpha value is -4.25. The van der Waals surface area contributed by atoms with E-state index < -0.39 is 28.2 Å². The smallest absolute Gasteiger partial charge is 0.330 e. The van der Waals surface area contributed by atoms with Gasteiger partial charge in [0.05, 0.1) is 19.9 Å². The van der Waals surface area contributed by atoms with Gasteiger partial charge >= 0.3 is 16.2 Å². The Kier molecular flexibility index (Phi) is 8.96. The molecule has 3 aromatic carbocycles. The molecule has 0 aliphatic rings. The number of urea groups is 1. The van der Waals surface area contributed by atoms with E-state index in [-0.39, 0.29) is 12.1 Å². The molecule has 196 valence electrons. The van der Waals surface area contributed by atoms with Crippen molar-refractivity contribution in [3.63, 3.8) is 0 Å². The summed E-state index contributed by atoms with van der Waals surface area (Å²) in [5, 5.41) is 2.53. The van der Waals surface area contributed by atoms with Crippen LogP contribution in [0.2, 0.25) is 0 Å². The molecule has 3 aromatic rings. The zero-order valence-corrected chi connectivity index (χ0v) is 21.9. The Labute approximate surface area is 217 Å². The summed E-state index contributed by atoms with van der Waals surface area (Å²) in [4.78, 5) is 27.7. The lowest BCUT2D eigenvalue weighted by Gasteiger charge is -2.26. The van der Waals surface area contributed by atoms with E-state index in [9.17, 15) is 18.0 Å². The molecule has 0 bridgehead atoms. The third-order valence-corrected chi connectivity index (χ3v) is 7.04. The van der Waals surface area contributed by atoms with Crippen LogP contribution >= 0.6 is 0 Å². The molecule has 37 heavy (non-hydrogen) atoms. The first kappa shape index (κ1) is 27.3. The molecule has 0 aliphatic heterocycles. The van der Waals surface area contributed by atoms with E-state index >= 15 is 0 Å². The number of amides is 3. The maximum absolute atomic E-state index is 13.4. The second-order valence-electron chi connectivity index (χ2n) is 8.06. The van der Waals surface area contributed by atoms with Gasteiger partial charge < -0.3 is 19.7 Å². The Morgan fingerprint density at radius 1 is 0.865 bits per heavy atom. The second-order valence-corrected chi connectivity index (χ2v) is 9.76. The highest BCUT2D eigenvalue weighted by Gasteiger charge is 2.29. The lowest BCUT2D eigenvalue weighted by atomic mass is 10.0. The molecule has 0 fully saturated rings. The Morgan fingerprint density at radius 3 is 2.11 bits per heavy atom. The molecule has 0 heterocycles. The van der Waals surface area contributed by atoms with Crippen LogP contribution in [-0.2, 0) is 21.4 Å². The Morgan fingerprint density at radius 2 is 1.49 bits per heavy atom. The summed E-state index contributed by atoms with van der Waals surface area (Å²) in [5.41, 5.74) is 1.61. The molecular weight excluding hydrogens is 496 g/mol. The second kappa shape index (κ2) is 12.1. The maximum Gasteiger partial charge on any atom is 0.330 e. The largest absolute Gasteiger partial charge is 0.497 e. The molecule has 10 nitrogen and oxygen atoms in total. The van der Waals surface area contributed by atoms with E-state index in [4.69, 9.17) is 9.47 Å². The van der Waals surface area contributed by atoms with Gasteiger partial charge in [0.1, 0.15) is 17.5 Å². The maximum atomic E-state index is 13.4. The highest BCUT2D eigenvalue weighted by molar-refractivity contribution is 7.91. The van der Waals surface area contributed by atoms with Gasteiger partial charge in [0.25, 0.3) is 0 Å². The summed E-state index contributed by atoms with van der Waals surface area (Å²) >= 11 is 0. The minimum atomic E-state index is -4.32. The molecule has 0 radical (unpaired) electrons. The predicted octanol–water partition coefficient (Wildman–Crippen LogP) is 2.96. The molecule has 0 saturated heterocycles. The van der Waals surface area contributed by atoms with Crippen molar-refractivity contribution in [2.75, 3.05) is 37.5 Å². The van der Waals surface area contributed by atoms with E-state index in [0.717, 1.165) is 9.87 Å². The van der Waals surface area contributed by atoms with Crippen molar-refractivity contribution >= 4 is 33.5 Å². The van der Waals surface area contributed by atoms with Gasteiger partial charge in [-0.1, -0.05) is 42.5 Å². The molecule has 0 spiro atoms. The van der Waals surface area contributed by atoms with Gasteiger partial charge in [-0.3, -0.25) is 9.10 Å². The van der Waals surface area contributed by atoms with Crippen molar-refractivity contribution < 1.29 is 27.5 Å². The third-order valence-electron chi connectivity index (χ3n) is 5.68. The molecule has 1 atom stereocenters. The number of nitrogens with one attached hydrogen (secondary N) is 2. The van der Waals surface area contributed by atoms with Crippen molar-refractivity contribution in [2.24, 2.45) is 0 Å². The summed E-state index contributed by atoms with van der Waals surface area (Å²) in [5.74, 6) is 0.515. The van der Waals surface area contributed by atoms with Gasteiger partial charge in [0.2, 0.25) is 5.91 Å². The number of anilines is 2. The quantitative estimate of drug-likeness (QED) is 0.420. The topological polar surface area (TPSA) is 117 Å². The fourth-order valence-electron chi connectivity index (χ4n) is 3.61. The van der Waals surface area contributed by atoms with Gasteiger partial charge in [0.15, 0.2) is 0 Å². The zero-order chi connectivity index (χ0) is 27.0.